The highest BCUT2D eigenvalue weighted by atomic mass is 35.5. The molecular formula is C32H30ClF2N5O2. The van der Waals surface area contributed by atoms with E-state index in [9.17, 15) is 9.18 Å². The fourth-order valence-electron chi connectivity index (χ4n) is 6.77. The van der Waals surface area contributed by atoms with Crippen LogP contribution in [0.15, 0.2) is 55.1 Å². The second kappa shape index (κ2) is 10.5. The molecule has 1 amide bonds. The Morgan fingerprint density at radius 1 is 1.10 bits per heavy atom. The highest BCUT2D eigenvalue weighted by molar-refractivity contribution is 6.37. The fraction of sp³-hybridized carbons (Fsp3) is 0.344. The molecule has 0 saturated carbocycles. The Balaban J connectivity index is 1.33. The maximum Gasteiger partial charge on any atom is 0.319 e. The van der Waals surface area contributed by atoms with E-state index in [0.717, 1.165) is 25.8 Å². The van der Waals surface area contributed by atoms with E-state index in [0.29, 0.717) is 47.2 Å². The molecule has 0 bridgehead atoms. The summed E-state index contributed by atoms with van der Waals surface area (Å²) in [5, 5.41) is 1.64. The SMILES string of the molecule is C=CC(=O)N1CCC2[C@H]1CN2c1nc(OC[C@@H]2CCCN2C)nc2c(F)c(-c3cccc4ccc(F)c(Cl)c34)ccc12. The van der Waals surface area contributed by atoms with Crippen molar-refractivity contribution >= 4 is 45.0 Å². The zero-order valence-electron chi connectivity index (χ0n) is 23.2. The first-order valence-electron chi connectivity index (χ1n) is 14.3. The Kier molecular flexibility index (Phi) is 6.74. The summed E-state index contributed by atoms with van der Waals surface area (Å²) in [6, 6.07) is 12.2. The molecule has 1 unspecified atom stereocenters. The maximum atomic E-state index is 16.6. The van der Waals surface area contributed by atoms with Gasteiger partial charge in [0.2, 0.25) is 5.91 Å². The van der Waals surface area contributed by atoms with Crippen LogP contribution < -0.4 is 9.64 Å². The summed E-state index contributed by atoms with van der Waals surface area (Å²) in [6.45, 7) is 6.24. The number of fused-ring (bicyclic) bond motifs is 3. The third-order valence-corrected chi connectivity index (χ3v) is 9.46. The lowest BCUT2D eigenvalue weighted by atomic mass is 9.94. The summed E-state index contributed by atoms with van der Waals surface area (Å²) in [5.74, 6) is -0.627. The number of amides is 1. The van der Waals surface area contributed by atoms with E-state index in [-0.39, 0.29) is 46.1 Å². The lowest BCUT2D eigenvalue weighted by molar-refractivity contribution is -0.127. The van der Waals surface area contributed by atoms with Crippen LogP contribution in [-0.4, -0.2) is 77.1 Å². The number of hydrogen-bond acceptors (Lipinski definition) is 6. The number of halogens is 3. The molecule has 3 aromatic carbocycles. The Morgan fingerprint density at radius 2 is 1.95 bits per heavy atom. The third kappa shape index (κ3) is 4.29. The molecule has 0 aliphatic carbocycles. The van der Waals surface area contributed by atoms with Crippen molar-refractivity contribution in [3.8, 4) is 17.1 Å². The number of aromatic nitrogens is 2. The Labute approximate surface area is 247 Å². The fourth-order valence-corrected chi connectivity index (χ4v) is 7.04. The largest absolute Gasteiger partial charge is 0.462 e. The minimum atomic E-state index is -0.567. The standard InChI is InChI=1S/C32H30ClF2N5O2/c1-3-26(41)39-15-13-24-25(39)16-40(24)31-22-11-10-21(20-8-4-6-18-9-12-23(34)28(33)27(18)20)29(35)30(22)36-32(37-31)42-17-19-7-5-14-38(19)2/h3-4,6,8-12,19,24-25H,1,5,7,13-17H2,2H3/t19-,24?,25+/m0/s1. The number of anilines is 1. The van der Waals surface area contributed by atoms with E-state index in [2.05, 4.69) is 28.4 Å². The van der Waals surface area contributed by atoms with Crippen LogP contribution in [-0.2, 0) is 4.79 Å². The molecule has 0 N–H and O–H groups in total. The van der Waals surface area contributed by atoms with Gasteiger partial charge in [-0.2, -0.15) is 9.97 Å². The van der Waals surface area contributed by atoms with Crippen LogP contribution in [0.1, 0.15) is 19.3 Å². The van der Waals surface area contributed by atoms with E-state index in [4.69, 9.17) is 21.3 Å². The minimum Gasteiger partial charge on any atom is -0.462 e. The first kappa shape index (κ1) is 27.0. The van der Waals surface area contributed by atoms with Crippen molar-refractivity contribution in [2.24, 2.45) is 0 Å². The zero-order chi connectivity index (χ0) is 29.1. The van der Waals surface area contributed by atoms with Crippen molar-refractivity contribution in [3.63, 3.8) is 0 Å². The van der Waals surface area contributed by atoms with Crippen LogP contribution in [0.4, 0.5) is 14.6 Å². The average molecular weight is 590 g/mol. The van der Waals surface area contributed by atoms with Crippen molar-refractivity contribution in [2.75, 3.05) is 38.2 Å². The molecule has 3 aliphatic heterocycles. The number of carbonyl (C=O) groups is 1. The van der Waals surface area contributed by atoms with Gasteiger partial charge in [0.1, 0.15) is 23.8 Å². The topological polar surface area (TPSA) is 61.8 Å². The predicted octanol–water partition coefficient (Wildman–Crippen LogP) is 5.83. The molecule has 7 nitrogen and oxygen atoms in total. The first-order chi connectivity index (χ1) is 20.4. The maximum absolute atomic E-state index is 16.6. The molecule has 1 aromatic heterocycles. The Hall–Kier alpha value is -3.82. The number of ether oxygens (including phenoxy) is 1. The number of hydrogen-bond donors (Lipinski definition) is 0. The summed E-state index contributed by atoms with van der Waals surface area (Å²) in [7, 11) is 2.06. The Morgan fingerprint density at radius 3 is 2.74 bits per heavy atom. The second-order valence-corrected chi connectivity index (χ2v) is 11.7. The second-order valence-electron chi connectivity index (χ2n) is 11.3. The lowest BCUT2D eigenvalue weighted by Crippen LogP contribution is -2.63. The lowest BCUT2D eigenvalue weighted by Gasteiger charge is -2.47. The summed E-state index contributed by atoms with van der Waals surface area (Å²) in [5.41, 5.74) is 0.860. The highest BCUT2D eigenvalue weighted by Crippen LogP contribution is 2.42. The van der Waals surface area contributed by atoms with E-state index >= 15 is 4.39 Å². The minimum absolute atomic E-state index is 0.0499. The molecule has 10 heteroatoms. The van der Waals surface area contributed by atoms with Gasteiger partial charge in [0.25, 0.3) is 0 Å². The molecule has 42 heavy (non-hydrogen) atoms. The monoisotopic (exact) mass is 589 g/mol. The van der Waals surface area contributed by atoms with Gasteiger partial charge in [-0.3, -0.25) is 4.79 Å². The van der Waals surface area contributed by atoms with Crippen LogP contribution in [0.25, 0.3) is 32.8 Å². The number of carbonyl (C=O) groups excluding carboxylic acids is 1. The van der Waals surface area contributed by atoms with Crippen molar-refractivity contribution < 1.29 is 18.3 Å². The number of nitrogens with zero attached hydrogens (tertiary/aromatic N) is 5. The average Bonchev–Trinajstić information content (AvgIpc) is 3.55. The Bertz CT molecular complexity index is 1750. The third-order valence-electron chi connectivity index (χ3n) is 9.09. The molecule has 216 valence electrons. The molecular weight excluding hydrogens is 560 g/mol. The highest BCUT2D eigenvalue weighted by Gasteiger charge is 2.49. The molecule has 3 atom stereocenters. The van der Waals surface area contributed by atoms with Gasteiger partial charge in [0, 0.05) is 35.5 Å². The molecule has 7 rings (SSSR count). The molecule has 3 saturated heterocycles. The van der Waals surface area contributed by atoms with Crippen LogP contribution in [0.2, 0.25) is 5.02 Å². The molecule has 4 heterocycles. The molecule has 3 aliphatic rings. The van der Waals surface area contributed by atoms with E-state index in [1.54, 1.807) is 30.3 Å². The number of benzene rings is 3. The molecule has 3 fully saturated rings. The van der Waals surface area contributed by atoms with E-state index < -0.39 is 11.6 Å². The number of likely N-dealkylation sites (N-methyl/N-ethyl adjacent to an activating group) is 1. The van der Waals surface area contributed by atoms with Gasteiger partial charge in [-0.25, -0.2) is 8.78 Å². The van der Waals surface area contributed by atoms with Crippen molar-refractivity contribution in [3.05, 3.63) is 71.8 Å². The van der Waals surface area contributed by atoms with Crippen molar-refractivity contribution in [1.82, 2.24) is 19.8 Å². The summed E-state index contributed by atoms with van der Waals surface area (Å²) in [4.78, 5) is 27.9. The van der Waals surface area contributed by atoms with Crippen LogP contribution in [0.3, 0.4) is 0 Å². The first-order valence-corrected chi connectivity index (χ1v) is 14.6. The van der Waals surface area contributed by atoms with Crippen LogP contribution >= 0.6 is 11.6 Å². The quantitative estimate of drug-likeness (QED) is 0.264. The summed E-state index contributed by atoms with van der Waals surface area (Å²) >= 11 is 6.39. The van der Waals surface area contributed by atoms with Gasteiger partial charge < -0.3 is 19.4 Å². The van der Waals surface area contributed by atoms with Crippen LogP contribution in [0.5, 0.6) is 6.01 Å². The van der Waals surface area contributed by atoms with Gasteiger partial charge in [-0.15, -0.1) is 0 Å². The number of likely N-dealkylation sites (tertiary alicyclic amines) is 2. The van der Waals surface area contributed by atoms with Gasteiger partial charge in [-0.1, -0.05) is 48.5 Å². The zero-order valence-corrected chi connectivity index (χ0v) is 24.0. The van der Waals surface area contributed by atoms with Crippen molar-refractivity contribution in [1.29, 1.82) is 0 Å². The van der Waals surface area contributed by atoms with Gasteiger partial charge >= 0.3 is 6.01 Å². The van der Waals surface area contributed by atoms with Gasteiger partial charge in [0.15, 0.2) is 5.82 Å². The van der Waals surface area contributed by atoms with Gasteiger partial charge in [-0.05, 0) is 62.0 Å². The summed E-state index contributed by atoms with van der Waals surface area (Å²) < 4.78 is 37.2. The number of rotatable bonds is 6. The predicted molar refractivity (Wildman–Crippen MR) is 160 cm³/mol. The smallest absolute Gasteiger partial charge is 0.319 e. The normalized spacial score (nSPS) is 22.0. The summed E-state index contributed by atoms with van der Waals surface area (Å²) in [6.07, 6.45) is 4.23. The van der Waals surface area contributed by atoms with Gasteiger partial charge in [0.05, 0.1) is 17.1 Å². The molecule has 0 spiro atoms. The molecule has 0 radical (unpaired) electrons. The van der Waals surface area contributed by atoms with E-state index in [1.165, 1.54) is 12.1 Å². The molecule has 4 aromatic rings. The van der Waals surface area contributed by atoms with E-state index in [1.807, 2.05) is 11.0 Å². The van der Waals surface area contributed by atoms with Crippen LogP contribution in [0, 0.1) is 11.6 Å². The van der Waals surface area contributed by atoms with Crippen molar-refractivity contribution in [2.45, 2.75) is 37.4 Å².